The molecule has 2 rings (SSSR count). The molecule has 0 saturated heterocycles. The molecule has 0 radical (unpaired) electrons. The first-order chi connectivity index (χ1) is 12.7. The summed E-state index contributed by atoms with van der Waals surface area (Å²) in [5.74, 6) is -1.24. The number of nitrogens with one attached hydrogen (secondary N) is 2. The van der Waals surface area contributed by atoms with E-state index in [2.05, 4.69) is 29.7 Å². The predicted octanol–water partition coefficient (Wildman–Crippen LogP) is 3.66. The first kappa shape index (κ1) is 22.7. The Morgan fingerprint density at radius 1 is 1.07 bits per heavy atom. The highest BCUT2D eigenvalue weighted by Crippen LogP contribution is 2.14. The maximum atomic E-state index is 11.5. The van der Waals surface area contributed by atoms with Crippen LogP contribution in [0.5, 0.6) is 0 Å². The summed E-state index contributed by atoms with van der Waals surface area (Å²) < 4.78 is 5.53. The monoisotopic (exact) mass is 372 g/mol. The van der Waals surface area contributed by atoms with Gasteiger partial charge in [0.15, 0.2) is 5.79 Å². The first-order valence-corrected chi connectivity index (χ1v) is 9.15. The van der Waals surface area contributed by atoms with E-state index < -0.39 is 5.79 Å². The lowest BCUT2D eigenvalue weighted by molar-refractivity contribution is -0.206. The highest BCUT2D eigenvalue weighted by molar-refractivity contribution is 5.73. The fourth-order valence-electron chi connectivity index (χ4n) is 2.51. The van der Waals surface area contributed by atoms with E-state index in [9.17, 15) is 9.90 Å². The molecule has 0 heterocycles. The van der Waals surface area contributed by atoms with Crippen molar-refractivity contribution >= 4 is 6.03 Å². The Morgan fingerprint density at radius 3 is 2.00 bits per heavy atom. The van der Waals surface area contributed by atoms with Gasteiger partial charge in [-0.2, -0.15) is 0 Å². The standard InChI is InChI=1S/C15H24N2O3.C7H8/c1-11(20-15(2,3)19)13(17-14(18)16-4)10-12-8-6-5-7-9-12;1-7-5-3-2-4-6-7/h5-9,11,13,19H,10H2,1-4H3,(H2,16,17,18);2-6H,1H3. The lowest BCUT2D eigenvalue weighted by atomic mass is 10.0. The molecule has 2 atom stereocenters. The van der Waals surface area contributed by atoms with Crippen LogP contribution in [0.4, 0.5) is 4.79 Å². The fraction of sp³-hybridized carbons (Fsp3) is 0.409. The quantitative estimate of drug-likeness (QED) is 0.678. The molecule has 148 valence electrons. The Bertz CT molecular complexity index is 654. The fourth-order valence-corrected chi connectivity index (χ4v) is 2.51. The van der Waals surface area contributed by atoms with Gasteiger partial charge in [0.25, 0.3) is 0 Å². The molecule has 2 aromatic carbocycles. The third-order valence-corrected chi connectivity index (χ3v) is 3.82. The van der Waals surface area contributed by atoms with Crippen molar-refractivity contribution in [3.63, 3.8) is 0 Å². The normalized spacial score (nSPS) is 13.0. The molecule has 0 aromatic heterocycles. The molecular formula is C22H32N2O3. The number of hydrogen-bond donors (Lipinski definition) is 3. The summed E-state index contributed by atoms with van der Waals surface area (Å²) >= 11 is 0. The van der Waals surface area contributed by atoms with Gasteiger partial charge < -0.3 is 20.5 Å². The minimum Gasteiger partial charge on any atom is -0.366 e. The maximum absolute atomic E-state index is 11.5. The molecule has 0 aliphatic heterocycles. The molecule has 5 nitrogen and oxygen atoms in total. The largest absolute Gasteiger partial charge is 0.366 e. The van der Waals surface area contributed by atoms with Crippen LogP contribution in [-0.4, -0.2) is 36.1 Å². The average Bonchev–Trinajstić information content (AvgIpc) is 2.61. The molecule has 2 aromatic rings. The second-order valence-electron chi connectivity index (χ2n) is 6.94. The molecule has 0 aliphatic carbocycles. The zero-order valence-corrected chi connectivity index (χ0v) is 16.9. The van der Waals surface area contributed by atoms with Gasteiger partial charge in [-0.15, -0.1) is 0 Å². The zero-order valence-electron chi connectivity index (χ0n) is 16.9. The topological polar surface area (TPSA) is 70.6 Å². The molecule has 0 spiro atoms. The van der Waals surface area contributed by atoms with Crippen LogP contribution in [0.25, 0.3) is 0 Å². The van der Waals surface area contributed by atoms with E-state index >= 15 is 0 Å². The van der Waals surface area contributed by atoms with E-state index in [0.29, 0.717) is 6.42 Å². The van der Waals surface area contributed by atoms with Crippen LogP contribution in [0.3, 0.4) is 0 Å². The maximum Gasteiger partial charge on any atom is 0.314 e. The Labute approximate surface area is 162 Å². The van der Waals surface area contributed by atoms with Gasteiger partial charge in [0.1, 0.15) is 0 Å². The van der Waals surface area contributed by atoms with Crippen LogP contribution in [0.2, 0.25) is 0 Å². The van der Waals surface area contributed by atoms with Crippen LogP contribution >= 0.6 is 0 Å². The van der Waals surface area contributed by atoms with Crippen LogP contribution in [-0.2, 0) is 11.2 Å². The molecule has 0 saturated carbocycles. The van der Waals surface area contributed by atoms with Crippen molar-refractivity contribution in [1.82, 2.24) is 10.6 Å². The van der Waals surface area contributed by atoms with Crippen molar-refractivity contribution in [3.8, 4) is 0 Å². The Balaban J connectivity index is 0.000000433. The van der Waals surface area contributed by atoms with Crippen LogP contribution < -0.4 is 10.6 Å². The average molecular weight is 373 g/mol. The smallest absolute Gasteiger partial charge is 0.314 e. The van der Waals surface area contributed by atoms with E-state index in [0.717, 1.165) is 5.56 Å². The second-order valence-corrected chi connectivity index (χ2v) is 6.94. The lowest BCUT2D eigenvalue weighted by Crippen LogP contribution is -2.49. The molecule has 0 fully saturated rings. The minimum absolute atomic E-state index is 0.233. The lowest BCUT2D eigenvalue weighted by Gasteiger charge is -2.30. The van der Waals surface area contributed by atoms with E-state index in [1.165, 1.54) is 5.56 Å². The second kappa shape index (κ2) is 11.4. The van der Waals surface area contributed by atoms with Crippen molar-refractivity contribution < 1.29 is 14.6 Å². The van der Waals surface area contributed by atoms with E-state index in [1.807, 2.05) is 55.5 Å². The van der Waals surface area contributed by atoms with Crippen molar-refractivity contribution in [2.24, 2.45) is 0 Å². The Hall–Kier alpha value is -2.37. The van der Waals surface area contributed by atoms with Crippen LogP contribution in [0.1, 0.15) is 31.9 Å². The number of benzene rings is 2. The van der Waals surface area contributed by atoms with Gasteiger partial charge in [0.05, 0.1) is 12.1 Å². The van der Waals surface area contributed by atoms with E-state index in [-0.39, 0.29) is 18.2 Å². The Morgan fingerprint density at radius 2 is 1.59 bits per heavy atom. The van der Waals surface area contributed by atoms with Gasteiger partial charge in [-0.05, 0) is 39.7 Å². The Kier molecular flexibility index (Phi) is 9.54. The molecule has 2 amide bonds. The molecule has 2 unspecified atom stereocenters. The number of amides is 2. The van der Waals surface area contributed by atoms with Gasteiger partial charge in [-0.25, -0.2) is 4.79 Å². The third-order valence-electron chi connectivity index (χ3n) is 3.82. The van der Waals surface area contributed by atoms with Crippen LogP contribution in [0, 0.1) is 6.92 Å². The van der Waals surface area contributed by atoms with E-state index in [1.54, 1.807) is 20.9 Å². The number of hydrogen-bond acceptors (Lipinski definition) is 3. The van der Waals surface area contributed by atoms with Gasteiger partial charge in [-0.1, -0.05) is 66.2 Å². The summed E-state index contributed by atoms with van der Waals surface area (Å²) in [7, 11) is 1.57. The molecular weight excluding hydrogens is 340 g/mol. The van der Waals surface area contributed by atoms with E-state index in [4.69, 9.17) is 4.74 Å². The molecule has 27 heavy (non-hydrogen) atoms. The molecule has 0 bridgehead atoms. The summed E-state index contributed by atoms with van der Waals surface area (Å²) in [6, 6.07) is 19.6. The predicted molar refractivity (Wildman–Crippen MR) is 110 cm³/mol. The first-order valence-electron chi connectivity index (χ1n) is 9.15. The number of urea groups is 1. The van der Waals surface area contributed by atoms with Crippen molar-refractivity contribution in [2.75, 3.05) is 7.05 Å². The minimum atomic E-state index is -1.24. The summed E-state index contributed by atoms with van der Waals surface area (Å²) in [5, 5.41) is 15.1. The zero-order chi connectivity index (χ0) is 20.3. The molecule has 5 heteroatoms. The SMILES string of the molecule is CNC(=O)NC(Cc1ccccc1)C(C)OC(C)(C)O.Cc1ccccc1. The van der Waals surface area contributed by atoms with Crippen LogP contribution in [0.15, 0.2) is 60.7 Å². The summed E-state index contributed by atoms with van der Waals surface area (Å²) in [5.41, 5.74) is 2.42. The summed E-state index contributed by atoms with van der Waals surface area (Å²) in [6.45, 7) is 7.06. The number of aryl methyl sites for hydroxylation is 1. The highest BCUT2D eigenvalue weighted by atomic mass is 16.6. The summed E-state index contributed by atoms with van der Waals surface area (Å²) in [6.07, 6.45) is 0.304. The summed E-state index contributed by atoms with van der Waals surface area (Å²) in [4.78, 5) is 11.5. The van der Waals surface area contributed by atoms with Crippen molar-refractivity contribution in [3.05, 3.63) is 71.8 Å². The van der Waals surface area contributed by atoms with Gasteiger partial charge >= 0.3 is 6.03 Å². The van der Waals surface area contributed by atoms with Gasteiger partial charge in [0, 0.05) is 7.05 Å². The van der Waals surface area contributed by atoms with Crippen molar-refractivity contribution in [1.29, 1.82) is 0 Å². The highest BCUT2D eigenvalue weighted by Gasteiger charge is 2.25. The molecule has 3 N–H and O–H groups in total. The number of carbonyl (C=O) groups is 1. The number of aliphatic hydroxyl groups is 1. The number of carbonyl (C=O) groups excluding carboxylic acids is 1. The molecule has 0 aliphatic rings. The number of rotatable bonds is 6. The van der Waals surface area contributed by atoms with Crippen molar-refractivity contribution in [2.45, 2.75) is 52.0 Å². The van der Waals surface area contributed by atoms with Gasteiger partial charge in [0.2, 0.25) is 0 Å². The third kappa shape index (κ3) is 10.4. The van der Waals surface area contributed by atoms with Gasteiger partial charge in [-0.3, -0.25) is 0 Å². The number of ether oxygens (including phenoxy) is 1.